The first-order valence-electron chi connectivity index (χ1n) is 6.00. The van der Waals surface area contributed by atoms with Gasteiger partial charge in [-0.25, -0.2) is 0 Å². The standard InChI is InChI=1S/C16H15NO/c1-3-13-5-4-6-15(10-13)18-16-9-12(2)7-8-14(16)11-17/h4-10H,3H2,1-2H3. The minimum absolute atomic E-state index is 0.558. The molecule has 0 saturated carbocycles. The van der Waals surface area contributed by atoms with E-state index in [1.165, 1.54) is 5.56 Å². The number of nitriles is 1. The molecule has 0 aliphatic rings. The van der Waals surface area contributed by atoms with E-state index < -0.39 is 0 Å². The Bertz CT molecular complexity index is 596. The van der Waals surface area contributed by atoms with E-state index in [2.05, 4.69) is 19.1 Å². The smallest absolute Gasteiger partial charge is 0.145 e. The van der Waals surface area contributed by atoms with Crippen molar-refractivity contribution in [2.75, 3.05) is 0 Å². The highest BCUT2D eigenvalue weighted by Crippen LogP contribution is 2.26. The van der Waals surface area contributed by atoms with Crippen LogP contribution in [0.3, 0.4) is 0 Å². The molecule has 0 aliphatic heterocycles. The molecule has 2 heteroatoms. The molecule has 0 aromatic heterocycles. The summed E-state index contributed by atoms with van der Waals surface area (Å²) >= 11 is 0. The summed E-state index contributed by atoms with van der Waals surface area (Å²) in [5, 5.41) is 9.06. The highest BCUT2D eigenvalue weighted by molar-refractivity contribution is 5.47. The Hall–Kier alpha value is -2.27. The molecule has 2 aromatic rings. The maximum absolute atomic E-state index is 9.06. The third-order valence-electron chi connectivity index (χ3n) is 2.79. The molecule has 2 rings (SSSR count). The Morgan fingerprint density at radius 3 is 2.72 bits per heavy atom. The molecule has 90 valence electrons. The lowest BCUT2D eigenvalue weighted by Crippen LogP contribution is -1.90. The lowest BCUT2D eigenvalue weighted by atomic mass is 10.1. The van der Waals surface area contributed by atoms with Gasteiger partial charge < -0.3 is 4.74 Å². The Morgan fingerprint density at radius 2 is 2.00 bits per heavy atom. The fraction of sp³-hybridized carbons (Fsp3) is 0.188. The number of rotatable bonds is 3. The lowest BCUT2D eigenvalue weighted by molar-refractivity contribution is 0.480. The summed E-state index contributed by atoms with van der Waals surface area (Å²) in [7, 11) is 0. The van der Waals surface area contributed by atoms with Gasteiger partial charge in [0.25, 0.3) is 0 Å². The minimum Gasteiger partial charge on any atom is -0.456 e. The number of aryl methyl sites for hydroxylation is 2. The van der Waals surface area contributed by atoms with Crippen molar-refractivity contribution >= 4 is 0 Å². The van der Waals surface area contributed by atoms with Crippen molar-refractivity contribution in [3.63, 3.8) is 0 Å². The van der Waals surface area contributed by atoms with Crippen LogP contribution in [0.25, 0.3) is 0 Å². The maximum atomic E-state index is 9.06. The van der Waals surface area contributed by atoms with Crippen LogP contribution in [0.4, 0.5) is 0 Å². The van der Waals surface area contributed by atoms with Crippen molar-refractivity contribution in [1.82, 2.24) is 0 Å². The van der Waals surface area contributed by atoms with Gasteiger partial charge >= 0.3 is 0 Å². The summed E-state index contributed by atoms with van der Waals surface area (Å²) < 4.78 is 5.80. The fourth-order valence-corrected chi connectivity index (χ4v) is 1.76. The molecule has 0 unspecified atom stereocenters. The quantitative estimate of drug-likeness (QED) is 0.800. The largest absolute Gasteiger partial charge is 0.456 e. The number of hydrogen-bond acceptors (Lipinski definition) is 2. The van der Waals surface area contributed by atoms with Gasteiger partial charge in [-0.1, -0.05) is 25.1 Å². The number of nitrogens with zero attached hydrogens (tertiary/aromatic N) is 1. The van der Waals surface area contributed by atoms with Crippen LogP contribution in [0, 0.1) is 18.3 Å². The van der Waals surface area contributed by atoms with Crippen LogP contribution >= 0.6 is 0 Å². The second kappa shape index (κ2) is 5.37. The zero-order valence-corrected chi connectivity index (χ0v) is 10.6. The van der Waals surface area contributed by atoms with E-state index in [9.17, 15) is 0 Å². The molecule has 0 N–H and O–H groups in total. The van der Waals surface area contributed by atoms with Gasteiger partial charge in [0.15, 0.2) is 0 Å². The first-order valence-corrected chi connectivity index (χ1v) is 6.00. The fourth-order valence-electron chi connectivity index (χ4n) is 1.76. The molecule has 18 heavy (non-hydrogen) atoms. The SMILES string of the molecule is CCc1cccc(Oc2cc(C)ccc2C#N)c1. The summed E-state index contributed by atoms with van der Waals surface area (Å²) in [6, 6.07) is 15.7. The van der Waals surface area contributed by atoms with E-state index in [4.69, 9.17) is 10.00 Å². The van der Waals surface area contributed by atoms with Gasteiger partial charge in [-0.3, -0.25) is 0 Å². The van der Waals surface area contributed by atoms with Crippen LogP contribution in [0.1, 0.15) is 23.6 Å². The summed E-state index contributed by atoms with van der Waals surface area (Å²) in [6.07, 6.45) is 0.968. The van der Waals surface area contributed by atoms with E-state index in [1.807, 2.05) is 37.3 Å². The molecule has 0 spiro atoms. The summed E-state index contributed by atoms with van der Waals surface area (Å²) in [4.78, 5) is 0. The molecule has 0 radical (unpaired) electrons. The molecule has 0 heterocycles. The Kier molecular flexibility index (Phi) is 3.64. The molecule has 0 aliphatic carbocycles. The third-order valence-corrected chi connectivity index (χ3v) is 2.79. The average molecular weight is 237 g/mol. The maximum Gasteiger partial charge on any atom is 0.145 e. The van der Waals surface area contributed by atoms with Gasteiger partial charge in [0.1, 0.15) is 17.6 Å². The van der Waals surface area contributed by atoms with Crippen LogP contribution in [0.2, 0.25) is 0 Å². The summed E-state index contributed by atoms with van der Waals surface area (Å²) in [6.45, 7) is 4.09. The molecule has 0 bridgehead atoms. The third kappa shape index (κ3) is 2.70. The van der Waals surface area contributed by atoms with E-state index >= 15 is 0 Å². The second-order valence-corrected chi connectivity index (χ2v) is 4.21. The van der Waals surface area contributed by atoms with Crippen LogP contribution in [-0.4, -0.2) is 0 Å². The zero-order chi connectivity index (χ0) is 13.0. The Labute approximate surface area is 107 Å². The molecule has 0 amide bonds. The van der Waals surface area contributed by atoms with Crippen molar-refractivity contribution in [3.05, 3.63) is 59.2 Å². The molecule has 0 fully saturated rings. The van der Waals surface area contributed by atoms with Gasteiger partial charge in [0.2, 0.25) is 0 Å². The van der Waals surface area contributed by atoms with Gasteiger partial charge in [0.05, 0.1) is 5.56 Å². The topological polar surface area (TPSA) is 33.0 Å². The molecule has 2 aromatic carbocycles. The van der Waals surface area contributed by atoms with Gasteiger partial charge in [-0.2, -0.15) is 5.26 Å². The molecular formula is C16H15NO. The van der Waals surface area contributed by atoms with E-state index in [0.717, 1.165) is 17.7 Å². The van der Waals surface area contributed by atoms with Crippen molar-refractivity contribution in [3.8, 4) is 17.6 Å². The predicted molar refractivity (Wildman–Crippen MR) is 71.8 cm³/mol. The second-order valence-electron chi connectivity index (χ2n) is 4.21. The monoisotopic (exact) mass is 237 g/mol. The first kappa shape index (κ1) is 12.2. The molecule has 0 atom stereocenters. The first-order chi connectivity index (χ1) is 8.72. The highest BCUT2D eigenvalue weighted by Gasteiger charge is 2.05. The molecule has 2 nitrogen and oxygen atoms in total. The van der Waals surface area contributed by atoms with Crippen LogP contribution in [0.5, 0.6) is 11.5 Å². The van der Waals surface area contributed by atoms with Crippen LogP contribution < -0.4 is 4.74 Å². The summed E-state index contributed by atoms with van der Waals surface area (Å²) in [5.41, 5.74) is 2.86. The highest BCUT2D eigenvalue weighted by atomic mass is 16.5. The normalized spacial score (nSPS) is 9.83. The predicted octanol–water partition coefficient (Wildman–Crippen LogP) is 4.22. The number of ether oxygens (including phenoxy) is 1. The van der Waals surface area contributed by atoms with Gasteiger partial charge in [0, 0.05) is 0 Å². The lowest BCUT2D eigenvalue weighted by Gasteiger charge is -2.09. The number of benzene rings is 2. The summed E-state index contributed by atoms with van der Waals surface area (Å²) in [5.74, 6) is 1.39. The van der Waals surface area contributed by atoms with E-state index in [-0.39, 0.29) is 0 Å². The van der Waals surface area contributed by atoms with Gasteiger partial charge in [-0.15, -0.1) is 0 Å². The molecule has 0 saturated heterocycles. The van der Waals surface area contributed by atoms with Crippen molar-refractivity contribution < 1.29 is 4.74 Å². The van der Waals surface area contributed by atoms with Crippen molar-refractivity contribution in [1.29, 1.82) is 5.26 Å². The van der Waals surface area contributed by atoms with Gasteiger partial charge in [-0.05, 0) is 48.7 Å². The van der Waals surface area contributed by atoms with E-state index in [1.54, 1.807) is 6.07 Å². The Morgan fingerprint density at radius 1 is 1.17 bits per heavy atom. The van der Waals surface area contributed by atoms with Crippen LogP contribution in [0.15, 0.2) is 42.5 Å². The number of hydrogen-bond donors (Lipinski definition) is 0. The zero-order valence-electron chi connectivity index (χ0n) is 10.6. The Balaban J connectivity index is 2.33. The molecular weight excluding hydrogens is 222 g/mol. The average Bonchev–Trinajstić information content (AvgIpc) is 2.39. The van der Waals surface area contributed by atoms with Crippen molar-refractivity contribution in [2.24, 2.45) is 0 Å². The van der Waals surface area contributed by atoms with Crippen molar-refractivity contribution in [2.45, 2.75) is 20.3 Å². The van der Waals surface area contributed by atoms with E-state index in [0.29, 0.717) is 11.3 Å². The van der Waals surface area contributed by atoms with Crippen LogP contribution in [-0.2, 0) is 6.42 Å². The minimum atomic E-state index is 0.558.